The van der Waals surface area contributed by atoms with Crippen molar-refractivity contribution in [2.75, 3.05) is 6.54 Å². The third kappa shape index (κ3) is 5.99. The second-order valence-electron chi connectivity index (χ2n) is 5.22. The van der Waals surface area contributed by atoms with Gasteiger partial charge in [0.05, 0.1) is 0 Å². The molecule has 0 amide bonds. The highest BCUT2D eigenvalue weighted by atomic mass is 15.1. The van der Waals surface area contributed by atoms with Gasteiger partial charge < -0.3 is 4.90 Å². The standard InChI is InChI=1S/C15H29N/c1-8-14(6)11-15(7)9-10-16(12(2)3)13(4)5/h13,15H,2,6,8-11H2,1,3-5,7H3. The number of allylic oxidation sites excluding steroid dienone is 2. The largest absolute Gasteiger partial charge is 0.373 e. The third-order valence-electron chi connectivity index (χ3n) is 3.11. The van der Waals surface area contributed by atoms with Crippen LogP contribution in [0.15, 0.2) is 24.4 Å². The minimum absolute atomic E-state index is 0.555. The van der Waals surface area contributed by atoms with Crippen molar-refractivity contribution in [3.63, 3.8) is 0 Å². The van der Waals surface area contributed by atoms with E-state index < -0.39 is 0 Å². The summed E-state index contributed by atoms with van der Waals surface area (Å²) in [6, 6.07) is 0.555. The first-order valence-corrected chi connectivity index (χ1v) is 6.47. The molecule has 0 heterocycles. The first-order valence-electron chi connectivity index (χ1n) is 6.47. The molecule has 0 N–H and O–H groups in total. The van der Waals surface area contributed by atoms with Crippen molar-refractivity contribution in [1.82, 2.24) is 4.90 Å². The van der Waals surface area contributed by atoms with Gasteiger partial charge in [-0.2, -0.15) is 0 Å². The molecule has 0 fully saturated rings. The summed E-state index contributed by atoms with van der Waals surface area (Å²) in [6.45, 7) is 20.3. The first-order chi connectivity index (χ1) is 7.38. The van der Waals surface area contributed by atoms with Crippen molar-refractivity contribution in [1.29, 1.82) is 0 Å². The zero-order chi connectivity index (χ0) is 12.7. The predicted molar refractivity (Wildman–Crippen MR) is 74.5 cm³/mol. The summed E-state index contributed by atoms with van der Waals surface area (Å²) in [7, 11) is 0. The average Bonchev–Trinajstić information content (AvgIpc) is 2.16. The van der Waals surface area contributed by atoms with Crippen LogP contribution in [0.3, 0.4) is 0 Å². The predicted octanol–water partition coefficient (Wildman–Crippen LogP) is 4.61. The van der Waals surface area contributed by atoms with Gasteiger partial charge in [-0.1, -0.05) is 32.6 Å². The van der Waals surface area contributed by atoms with E-state index in [1.165, 1.54) is 24.1 Å². The molecule has 0 saturated heterocycles. The molecule has 0 aromatic carbocycles. The second kappa shape index (κ2) is 7.54. The Kier molecular flexibility index (Phi) is 7.20. The molecule has 1 nitrogen and oxygen atoms in total. The van der Waals surface area contributed by atoms with Gasteiger partial charge in [0.25, 0.3) is 0 Å². The molecule has 0 aromatic rings. The highest BCUT2D eigenvalue weighted by Crippen LogP contribution is 2.18. The maximum Gasteiger partial charge on any atom is 0.0230 e. The fourth-order valence-corrected chi connectivity index (χ4v) is 1.99. The van der Waals surface area contributed by atoms with E-state index in [9.17, 15) is 0 Å². The Labute approximate surface area is 102 Å². The lowest BCUT2D eigenvalue weighted by atomic mass is 9.97. The molecular weight excluding hydrogens is 194 g/mol. The van der Waals surface area contributed by atoms with Gasteiger partial charge in [0, 0.05) is 18.3 Å². The van der Waals surface area contributed by atoms with Crippen molar-refractivity contribution in [2.24, 2.45) is 5.92 Å². The van der Waals surface area contributed by atoms with E-state index in [1.54, 1.807) is 0 Å². The summed E-state index contributed by atoms with van der Waals surface area (Å²) >= 11 is 0. The van der Waals surface area contributed by atoms with Crippen LogP contribution in [0.1, 0.15) is 53.9 Å². The maximum absolute atomic E-state index is 4.08. The van der Waals surface area contributed by atoms with E-state index in [4.69, 9.17) is 0 Å². The van der Waals surface area contributed by atoms with Gasteiger partial charge in [-0.15, -0.1) is 0 Å². The Bertz CT molecular complexity index is 228. The summed E-state index contributed by atoms with van der Waals surface area (Å²) in [5.74, 6) is 0.730. The fourth-order valence-electron chi connectivity index (χ4n) is 1.99. The molecule has 0 rings (SSSR count). The summed E-state index contributed by atoms with van der Waals surface area (Å²) in [4.78, 5) is 2.38. The lowest BCUT2D eigenvalue weighted by Crippen LogP contribution is -2.30. The van der Waals surface area contributed by atoms with Crippen LogP contribution in [-0.4, -0.2) is 17.5 Å². The van der Waals surface area contributed by atoms with Crippen LogP contribution in [0, 0.1) is 5.92 Å². The van der Waals surface area contributed by atoms with E-state index in [-0.39, 0.29) is 0 Å². The van der Waals surface area contributed by atoms with E-state index in [2.05, 4.69) is 52.7 Å². The fraction of sp³-hybridized carbons (Fsp3) is 0.733. The molecule has 0 radical (unpaired) electrons. The van der Waals surface area contributed by atoms with Crippen LogP contribution in [0.25, 0.3) is 0 Å². The molecule has 1 atom stereocenters. The van der Waals surface area contributed by atoms with Gasteiger partial charge in [0.1, 0.15) is 0 Å². The number of rotatable bonds is 8. The van der Waals surface area contributed by atoms with Crippen LogP contribution < -0.4 is 0 Å². The molecule has 0 aromatic heterocycles. The second-order valence-corrected chi connectivity index (χ2v) is 5.22. The SMILES string of the molecule is C=C(CC)CC(C)CCN(C(=C)C)C(C)C. The summed E-state index contributed by atoms with van der Waals surface area (Å²) < 4.78 is 0. The average molecular weight is 223 g/mol. The lowest BCUT2D eigenvalue weighted by molar-refractivity contribution is 0.264. The molecule has 0 aliphatic heterocycles. The Hall–Kier alpha value is -0.720. The van der Waals surface area contributed by atoms with Crippen molar-refractivity contribution >= 4 is 0 Å². The highest BCUT2D eigenvalue weighted by molar-refractivity contribution is 4.95. The molecule has 16 heavy (non-hydrogen) atoms. The molecular formula is C15H29N. The zero-order valence-corrected chi connectivity index (χ0v) is 11.8. The number of nitrogens with zero attached hydrogens (tertiary/aromatic N) is 1. The minimum Gasteiger partial charge on any atom is -0.373 e. The van der Waals surface area contributed by atoms with Crippen molar-refractivity contribution in [2.45, 2.75) is 59.9 Å². The third-order valence-corrected chi connectivity index (χ3v) is 3.11. The molecule has 0 saturated carbocycles. The van der Waals surface area contributed by atoms with E-state index in [0.29, 0.717) is 6.04 Å². The Morgan fingerprint density at radius 2 is 1.75 bits per heavy atom. The normalized spacial score (nSPS) is 12.6. The monoisotopic (exact) mass is 223 g/mol. The van der Waals surface area contributed by atoms with Gasteiger partial charge in [-0.25, -0.2) is 0 Å². The minimum atomic E-state index is 0.555. The van der Waals surface area contributed by atoms with Crippen LogP contribution in [-0.2, 0) is 0 Å². The highest BCUT2D eigenvalue weighted by Gasteiger charge is 2.11. The van der Waals surface area contributed by atoms with Crippen molar-refractivity contribution in [3.05, 3.63) is 24.4 Å². The van der Waals surface area contributed by atoms with Gasteiger partial charge in [-0.05, 0) is 46.0 Å². The Morgan fingerprint density at radius 1 is 1.19 bits per heavy atom. The molecule has 0 aliphatic carbocycles. The van der Waals surface area contributed by atoms with Crippen LogP contribution in [0.4, 0.5) is 0 Å². The van der Waals surface area contributed by atoms with Gasteiger partial charge >= 0.3 is 0 Å². The van der Waals surface area contributed by atoms with E-state index >= 15 is 0 Å². The van der Waals surface area contributed by atoms with E-state index in [1.807, 2.05) is 0 Å². The maximum atomic E-state index is 4.08. The van der Waals surface area contributed by atoms with Gasteiger partial charge in [0.2, 0.25) is 0 Å². The molecule has 1 heteroatoms. The lowest BCUT2D eigenvalue weighted by Gasteiger charge is -2.30. The van der Waals surface area contributed by atoms with Crippen LogP contribution >= 0.6 is 0 Å². The molecule has 94 valence electrons. The Morgan fingerprint density at radius 3 is 2.12 bits per heavy atom. The van der Waals surface area contributed by atoms with Crippen molar-refractivity contribution in [3.8, 4) is 0 Å². The van der Waals surface area contributed by atoms with Crippen LogP contribution in [0.2, 0.25) is 0 Å². The smallest absolute Gasteiger partial charge is 0.0230 e. The molecule has 1 unspecified atom stereocenters. The number of hydrogen-bond donors (Lipinski definition) is 0. The summed E-state index contributed by atoms with van der Waals surface area (Å²) in [5, 5.41) is 0. The quantitative estimate of drug-likeness (QED) is 0.543. The summed E-state index contributed by atoms with van der Waals surface area (Å²) in [5.41, 5.74) is 2.55. The Balaban J connectivity index is 4.01. The first kappa shape index (κ1) is 15.3. The summed E-state index contributed by atoms with van der Waals surface area (Å²) in [6.07, 6.45) is 3.50. The molecule has 0 aliphatic rings. The number of hydrogen-bond acceptors (Lipinski definition) is 1. The zero-order valence-electron chi connectivity index (χ0n) is 11.8. The van der Waals surface area contributed by atoms with Crippen LogP contribution in [0.5, 0.6) is 0 Å². The van der Waals surface area contributed by atoms with Gasteiger partial charge in [-0.3, -0.25) is 0 Å². The topological polar surface area (TPSA) is 3.24 Å². The van der Waals surface area contributed by atoms with Crippen molar-refractivity contribution < 1.29 is 0 Å². The molecule has 0 bridgehead atoms. The van der Waals surface area contributed by atoms with Gasteiger partial charge in [0.15, 0.2) is 0 Å². The molecule has 0 spiro atoms. The van der Waals surface area contributed by atoms with E-state index in [0.717, 1.165) is 18.9 Å².